The molecule has 0 aliphatic rings. The van der Waals surface area contributed by atoms with Crippen molar-refractivity contribution in [2.45, 2.75) is 32.7 Å². The maximum Gasteiger partial charge on any atom is 0.242 e. The number of halogens is 1. The summed E-state index contributed by atoms with van der Waals surface area (Å²) in [5, 5.41) is 9.38. The van der Waals surface area contributed by atoms with Gasteiger partial charge in [-0.15, -0.1) is 24.0 Å². The summed E-state index contributed by atoms with van der Waals surface area (Å²) in [7, 11) is 1.67. The van der Waals surface area contributed by atoms with E-state index in [0.717, 1.165) is 30.8 Å². The van der Waals surface area contributed by atoms with Crippen molar-refractivity contribution in [1.82, 2.24) is 16.0 Å². The first-order valence-corrected chi connectivity index (χ1v) is 10.1. The third kappa shape index (κ3) is 9.47. The van der Waals surface area contributed by atoms with E-state index < -0.39 is 0 Å². The van der Waals surface area contributed by atoms with E-state index >= 15 is 0 Å². The third-order valence-corrected chi connectivity index (χ3v) is 4.61. The van der Waals surface area contributed by atoms with Crippen LogP contribution in [0.5, 0.6) is 5.75 Å². The highest BCUT2D eigenvalue weighted by Crippen LogP contribution is 2.21. The van der Waals surface area contributed by atoms with Crippen molar-refractivity contribution in [3.63, 3.8) is 0 Å². The van der Waals surface area contributed by atoms with E-state index in [0.29, 0.717) is 18.4 Å². The molecule has 0 heterocycles. The molecule has 1 atom stereocenters. The lowest BCUT2D eigenvalue weighted by atomic mass is 9.98. The SMILES string of the molecule is CCNC(=NCC(=O)NCc1ccccc1)NCCC(C)c1ccc(OC)cc1.I. The van der Waals surface area contributed by atoms with Crippen LogP contribution >= 0.6 is 24.0 Å². The first-order chi connectivity index (χ1) is 14.1. The van der Waals surface area contributed by atoms with Gasteiger partial charge in [-0.25, -0.2) is 4.99 Å². The summed E-state index contributed by atoms with van der Waals surface area (Å²) in [4.78, 5) is 16.4. The number of amides is 1. The second kappa shape index (κ2) is 14.7. The molecule has 1 amide bonds. The van der Waals surface area contributed by atoms with Gasteiger partial charge >= 0.3 is 0 Å². The molecule has 3 N–H and O–H groups in total. The molecule has 0 aliphatic heterocycles. The molecule has 1 unspecified atom stereocenters. The molecular formula is C23H33IN4O2. The van der Waals surface area contributed by atoms with Crippen molar-refractivity contribution in [1.29, 1.82) is 0 Å². The van der Waals surface area contributed by atoms with Gasteiger partial charge < -0.3 is 20.7 Å². The van der Waals surface area contributed by atoms with Crippen LogP contribution in [0.15, 0.2) is 59.6 Å². The standard InChI is InChI=1S/C23H32N4O2.HI/c1-4-24-23(27-17-22(28)26-16-19-8-6-5-7-9-19)25-15-14-18(2)20-10-12-21(29-3)13-11-20;/h5-13,18H,4,14-17H2,1-3H3,(H,26,28)(H2,24,25,27);1H. The van der Waals surface area contributed by atoms with Crippen molar-refractivity contribution < 1.29 is 9.53 Å². The lowest BCUT2D eigenvalue weighted by Gasteiger charge is -2.15. The molecule has 0 fully saturated rings. The normalized spacial score (nSPS) is 11.8. The van der Waals surface area contributed by atoms with E-state index in [9.17, 15) is 4.79 Å². The van der Waals surface area contributed by atoms with E-state index in [1.165, 1.54) is 5.56 Å². The molecule has 7 heteroatoms. The molecule has 2 aromatic carbocycles. The summed E-state index contributed by atoms with van der Waals surface area (Å²) in [5.41, 5.74) is 2.34. The molecule has 0 aromatic heterocycles. The Hall–Kier alpha value is -2.29. The Morgan fingerprint density at radius 2 is 1.73 bits per heavy atom. The topological polar surface area (TPSA) is 74.8 Å². The van der Waals surface area contributed by atoms with Gasteiger partial charge in [0.2, 0.25) is 5.91 Å². The molecule has 2 rings (SSSR count). The number of carbonyl (C=O) groups excluding carboxylic acids is 1. The number of hydrogen-bond donors (Lipinski definition) is 3. The summed E-state index contributed by atoms with van der Waals surface area (Å²) in [6, 6.07) is 18.0. The maximum atomic E-state index is 12.1. The first-order valence-electron chi connectivity index (χ1n) is 10.1. The fraction of sp³-hybridized carbons (Fsp3) is 0.391. The van der Waals surface area contributed by atoms with Crippen molar-refractivity contribution in [2.24, 2.45) is 4.99 Å². The number of hydrogen-bond acceptors (Lipinski definition) is 3. The van der Waals surface area contributed by atoms with Gasteiger partial charge in [-0.05, 0) is 42.5 Å². The van der Waals surface area contributed by atoms with Crippen LogP contribution in [0.1, 0.15) is 37.3 Å². The highest BCUT2D eigenvalue weighted by Gasteiger charge is 2.07. The number of carbonyl (C=O) groups is 1. The smallest absolute Gasteiger partial charge is 0.242 e. The molecule has 6 nitrogen and oxygen atoms in total. The zero-order chi connectivity index (χ0) is 20.9. The highest BCUT2D eigenvalue weighted by molar-refractivity contribution is 14.0. The average molecular weight is 524 g/mol. The second-order valence-corrected chi connectivity index (χ2v) is 6.85. The molecule has 0 saturated heterocycles. The molecular weight excluding hydrogens is 491 g/mol. The maximum absolute atomic E-state index is 12.1. The van der Waals surface area contributed by atoms with Crippen molar-refractivity contribution in [3.8, 4) is 5.75 Å². The zero-order valence-electron chi connectivity index (χ0n) is 18.0. The summed E-state index contributed by atoms with van der Waals surface area (Å²) in [5.74, 6) is 1.83. The molecule has 0 saturated carbocycles. The van der Waals surface area contributed by atoms with Crippen LogP contribution in [0.3, 0.4) is 0 Å². The summed E-state index contributed by atoms with van der Waals surface area (Å²) < 4.78 is 5.21. The van der Waals surface area contributed by atoms with E-state index in [2.05, 4.69) is 40.0 Å². The van der Waals surface area contributed by atoms with Crippen LogP contribution in [0.4, 0.5) is 0 Å². The molecule has 30 heavy (non-hydrogen) atoms. The fourth-order valence-corrected chi connectivity index (χ4v) is 2.85. The Morgan fingerprint density at radius 3 is 2.37 bits per heavy atom. The number of nitrogens with one attached hydrogen (secondary N) is 3. The van der Waals surface area contributed by atoms with Gasteiger partial charge in [0, 0.05) is 19.6 Å². The molecule has 0 aliphatic carbocycles. The predicted octanol–water partition coefficient (Wildman–Crippen LogP) is 3.68. The van der Waals surface area contributed by atoms with Gasteiger partial charge in [0.15, 0.2) is 5.96 Å². The molecule has 0 bridgehead atoms. The molecule has 164 valence electrons. The lowest BCUT2D eigenvalue weighted by Crippen LogP contribution is -2.39. The predicted molar refractivity (Wildman–Crippen MR) is 134 cm³/mol. The van der Waals surface area contributed by atoms with Crippen LogP contribution in [0, 0.1) is 0 Å². The number of guanidine groups is 1. The highest BCUT2D eigenvalue weighted by atomic mass is 127. The quantitative estimate of drug-likeness (QED) is 0.252. The number of nitrogens with zero attached hydrogens (tertiary/aromatic N) is 1. The summed E-state index contributed by atoms with van der Waals surface area (Å²) in [6.07, 6.45) is 0.955. The fourth-order valence-electron chi connectivity index (χ4n) is 2.85. The number of aliphatic imine (C=N–C) groups is 1. The third-order valence-electron chi connectivity index (χ3n) is 4.61. The monoisotopic (exact) mass is 524 g/mol. The zero-order valence-corrected chi connectivity index (χ0v) is 20.3. The summed E-state index contributed by atoms with van der Waals surface area (Å²) in [6.45, 7) is 6.32. The van der Waals surface area contributed by atoms with Crippen LogP contribution < -0.4 is 20.7 Å². The van der Waals surface area contributed by atoms with Gasteiger partial charge in [-0.2, -0.15) is 0 Å². The minimum absolute atomic E-state index is 0. The number of methoxy groups -OCH3 is 1. The largest absolute Gasteiger partial charge is 0.497 e. The van der Waals surface area contributed by atoms with Crippen molar-refractivity contribution in [2.75, 3.05) is 26.7 Å². The Balaban J connectivity index is 0.00000450. The van der Waals surface area contributed by atoms with Crippen LogP contribution in [0.25, 0.3) is 0 Å². The van der Waals surface area contributed by atoms with Gasteiger partial charge in [0.25, 0.3) is 0 Å². The van der Waals surface area contributed by atoms with Crippen molar-refractivity contribution in [3.05, 3.63) is 65.7 Å². The van der Waals surface area contributed by atoms with Crippen LogP contribution in [0.2, 0.25) is 0 Å². The van der Waals surface area contributed by atoms with Gasteiger partial charge in [0.1, 0.15) is 12.3 Å². The average Bonchev–Trinajstić information content (AvgIpc) is 2.76. The van der Waals surface area contributed by atoms with Crippen LogP contribution in [-0.4, -0.2) is 38.6 Å². The molecule has 2 aromatic rings. The van der Waals surface area contributed by atoms with E-state index in [4.69, 9.17) is 4.74 Å². The number of rotatable bonds is 10. The number of benzene rings is 2. The van der Waals surface area contributed by atoms with Crippen molar-refractivity contribution >= 4 is 35.8 Å². The van der Waals surface area contributed by atoms with Gasteiger partial charge in [0.05, 0.1) is 7.11 Å². The Kier molecular flexibility index (Phi) is 12.6. The minimum atomic E-state index is -0.0994. The molecule has 0 spiro atoms. The number of ether oxygens (including phenoxy) is 1. The Morgan fingerprint density at radius 1 is 1.03 bits per heavy atom. The van der Waals surface area contributed by atoms with E-state index in [-0.39, 0.29) is 36.4 Å². The van der Waals surface area contributed by atoms with Gasteiger partial charge in [-0.1, -0.05) is 49.4 Å². The minimum Gasteiger partial charge on any atom is -0.497 e. The van der Waals surface area contributed by atoms with Gasteiger partial charge in [-0.3, -0.25) is 4.79 Å². The van der Waals surface area contributed by atoms with Crippen LogP contribution in [-0.2, 0) is 11.3 Å². The molecule has 0 radical (unpaired) electrons. The first kappa shape index (κ1) is 25.7. The second-order valence-electron chi connectivity index (χ2n) is 6.85. The lowest BCUT2D eigenvalue weighted by molar-refractivity contribution is -0.119. The van der Waals surface area contributed by atoms with E-state index in [1.807, 2.05) is 49.4 Å². The van der Waals surface area contributed by atoms with E-state index in [1.54, 1.807) is 7.11 Å². The Bertz CT molecular complexity index is 767. The Labute approximate surface area is 196 Å². The summed E-state index contributed by atoms with van der Waals surface area (Å²) >= 11 is 0.